The van der Waals surface area contributed by atoms with Gasteiger partial charge in [-0.15, -0.1) is 22.9 Å². The van der Waals surface area contributed by atoms with E-state index in [4.69, 9.17) is 11.6 Å². The van der Waals surface area contributed by atoms with Crippen molar-refractivity contribution in [2.75, 3.05) is 5.88 Å². The summed E-state index contributed by atoms with van der Waals surface area (Å²) >= 11 is 6.26. The molecule has 0 spiro atoms. The van der Waals surface area contributed by atoms with Gasteiger partial charge < -0.3 is 0 Å². The van der Waals surface area contributed by atoms with E-state index in [1.165, 1.54) is 6.08 Å². The Morgan fingerprint density at radius 2 is 2.23 bits per heavy atom. The van der Waals surface area contributed by atoms with Gasteiger partial charge in [-0.3, -0.25) is 0 Å². The molecule has 1 aromatic heterocycles. The number of thiazole rings is 1. The smallest absolute Gasteiger partial charge is 0.232 e. The van der Waals surface area contributed by atoms with Crippen molar-refractivity contribution < 1.29 is 13.2 Å². The largest absolute Gasteiger partial charge is 0.434 e. The van der Waals surface area contributed by atoms with Crippen LogP contribution in [0.4, 0.5) is 13.2 Å². The molecule has 0 aromatic carbocycles. The lowest BCUT2D eigenvalue weighted by Crippen LogP contribution is -2.04. The summed E-state index contributed by atoms with van der Waals surface area (Å²) in [6.45, 7) is 0. The van der Waals surface area contributed by atoms with Gasteiger partial charge in [0.05, 0.1) is 0 Å². The van der Waals surface area contributed by atoms with Crippen LogP contribution in [0.1, 0.15) is 10.7 Å². The molecule has 0 saturated carbocycles. The van der Waals surface area contributed by atoms with Crippen molar-refractivity contribution in [3.63, 3.8) is 0 Å². The molecule has 1 nitrogen and oxygen atoms in total. The second-order valence-corrected chi connectivity index (χ2v) is 3.32. The standard InChI is InChI=1S/C7H5ClF3NS/c8-3-1-2-6-12-5(4-13-6)7(9,10)11/h1-2,4H,3H2. The van der Waals surface area contributed by atoms with Crippen LogP contribution in [0, 0.1) is 0 Å². The Hall–Kier alpha value is -0.550. The number of alkyl halides is 4. The average molecular weight is 228 g/mol. The molecule has 0 N–H and O–H groups in total. The number of rotatable bonds is 2. The predicted octanol–water partition coefficient (Wildman–Crippen LogP) is 3.41. The molecule has 1 aromatic rings. The summed E-state index contributed by atoms with van der Waals surface area (Å²) in [6.07, 6.45) is -1.35. The fourth-order valence-corrected chi connectivity index (χ4v) is 1.47. The van der Waals surface area contributed by atoms with Crippen molar-refractivity contribution in [3.8, 4) is 0 Å². The number of nitrogens with zero attached hydrogens (tertiary/aromatic N) is 1. The fraction of sp³-hybridized carbons (Fsp3) is 0.286. The maximum atomic E-state index is 12.0. The van der Waals surface area contributed by atoms with E-state index in [1.54, 1.807) is 6.08 Å². The van der Waals surface area contributed by atoms with Crippen LogP contribution in [0.5, 0.6) is 0 Å². The zero-order valence-corrected chi connectivity index (χ0v) is 7.88. The lowest BCUT2D eigenvalue weighted by molar-refractivity contribution is -0.140. The van der Waals surface area contributed by atoms with E-state index in [0.717, 1.165) is 16.7 Å². The van der Waals surface area contributed by atoms with Crippen molar-refractivity contribution in [1.29, 1.82) is 0 Å². The van der Waals surface area contributed by atoms with Gasteiger partial charge in [0.15, 0.2) is 5.69 Å². The van der Waals surface area contributed by atoms with Crippen LogP contribution in [0.15, 0.2) is 11.5 Å². The minimum absolute atomic E-state index is 0.265. The van der Waals surface area contributed by atoms with E-state index >= 15 is 0 Å². The summed E-state index contributed by atoms with van der Waals surface area (Å²) in [5.41, 5.74) is -0.855. The molecule has 13 heavy (non-hydrogen) atoms. The van der Waals surface area contributed by atoms with E-state index in [-0.39, 0.29) is 5.88 Å². The van der Waals surface area contributed by atoms with Crippen molar-refractivity contribution in [2.24, 2.45) is 0 Å². The van der Waals surface area contributed by atoms with E-state index in [9.17, 15) is 13.2 Å². The maximum Gasteiger partial charge on any atom is 0.434 e. The van der Waals surface area contributed by atoms with Gasteiger partial charge >= 0.3 is 6.18 Å². The highest BCUT2D eigenvalue weighted by molar-refractivity contribution is 7.10. The van der Waals surface area contributed by atoms with Crippen LogP contribution in [-0.4, -0.2) is 10.9 Å². The minimum Gasteiger partial charge on any atom is -0.232 e. The highest BCUT2D eigenvalue weighted by Crippen LogP contribution is 2.30. The monoisotopic (exact) mass is 227 g/mol. The quantitative estimate of drug-likeness (QED) is 0.706. The van der Waals surface area contributed by atoms with Crippen LogP contribution in [0.25, 0.3) is 6.08 Å². The van der Waals surface area contributed by atoms with Crippen LogP contribution < -0.4 is 0 Å². The maximum absolute atomic E-state index is 12.0. The third kappa shape index (κ3) is 3.00. The first-order valence-corrected chi connectivity index (χ1v) is 4.70. The average Bonchev–Trinajstić information content (AvgIpc) is 2.47. The number of aromatic nitrogens is 1. The normalized spacial score (nSPS) is 12.6. The summed E-state index contributed by atoms with van der Waals surface area (Å²) in [5, 5.41) is 1.29. The van der Waals surface area contributed by atoms with Crippen LogP contribution in [0.2, 0.25) is 0 Å². The molecule has 0 saturated heterocycles. The topological polar surface area (TPSA) is 12.9 Å². The lowest BCUT2D eigenvalue weighted by Gasteiger charge is -1.98. The van der Waals surface area contributed by atoms with Gasteiger partial charge in [-0.2, -0.15) is 13.2 Å². The molecule has 1 heterocycles. The van der Waals surface area contributed by atoms with Crippen molar-refractivity contribution in [1.82, 2.24) is 4.98 Å². The third-order valence-corrected chi connectivity index (χ3v) is 2.15. The molecule has 0 fully saturated rings. The number of hydrogen-bond acceptors (Lipinski definition) is 2. The summed E-state index contributed by atoms with van der Waals surface area (Å²) in [6, 6.07) is 0. The second kappa shape index (κ2) is 4.11. The molecule has 6 heteroatoms. The first-order chi connectivity index (χ1) is 6.04. The zero-order valence-electron chi connectivity index (χ0n) is 6.31. The van der Waals surface area contributed by atoms with Gasteiger partial charge in [-0.25, -0.2) is 4.98 Å². The van der Waals surface area contributed by atoms with E-state index in [2.05, 4.69) is 4.98 Å². The Morgan fingerprint density at radius 3 is 2.69 bits per heavy atom. The summed E-state index contributed by atoms with van der Waals surface area (Å²) in [5.74, 6) is 0.265. The van der Waals surface area contributed by atoms with Gasteiger partial charge in [0.25, 0.3) is 0 Å². The van der Waals surface area contributed by atoms with Gasteiger partial charge in [0.2, 0.25) is 0 Å². The molecule has 0 atom stereocenters. The molecule has 0 aliphatic rings. The van der Waals surface area contributed by atoms with Crippen LogP contribution >= 0.6 is 22.9 Å². The van der Waals surface area contributed by atoms with Crippen LogP contribution in [0.3, 0.4) is 0 Å². The summed E-state index contributed by atoms with van der Waals surface area (Å²) < 4.78 is 36.1. The van der Waals surface area contributed by atoms with Crippen molar-refractivity contribution in [3.05, 3.63) is 22.2 Å². The highest BCUT2D eigenvalue weighted by Gasteiger charge is 2.33. The molecule has 0 radical (unpaired) electrons. The predicted molar refractivity (Wildman–Crippen MR) is 46.9 cm³/mol. The Morgan fingerprint density at radius 1 is 1.54 bits per heavy atom. The second-order valence-electron chi connectivity index (χ2n) is 2.13. The molecule has 0 amide bonds. The molecule has 1 rings (SSSR count). The Kier molecular flexibility index (Phi) is 3.33. The third-order valence-electron chi connectivity index (χ3n) is 1.16. The Labute approximate surface area is 81.9 Å². The van der Waals surface area contributed by atoms with E-state index < -0.39 is 11.9 Å². The number of hydrogen-bond donors (Lipinski definition) is 0. The van der Waals surface area contributed by atoms with Gasteiger partial charge in [0.1, 0.15) is 5.01 Å². The zero-order chi connectivity index (χ0) is 9.90. The van der Waals surface area contributed by atoms with Gasteiger partial charge in [-0.05, 0) is 6.08 Å². The molecule has 0 aliphatic heterocycles. The van der Waals surface area contributed by atoms with Crippen molar-refractivity contribution in [2.45, 2.75) is 6.18 Å². The number of halogens is 4. The summed E-state index contributed by atoms with van der Waals surface area (Å²) in [7, 11) is 0. The first-order valence-electron chi connectivity index (χ1n) is 3.29. The van der Waals surface area contributed by atoms with Crippen molar-refractivity contribution >= 4 is 29.0 Å². The van der Waals surface area contributed by atoms with Gasteiger partial charge in [0, 0.05) is 11.3 Å². The fourth-order valence-electron chi connectivity index (χ4n) is 0.640. The minimum atomic E-state index is -4.36. The van der Waals surface area contributed by atoms with Crippen LogP contribution in [-0.2, 0) is 6.18 Å². The molecule has 0 aliphatic carbocycles. The van der Waals surface area contributed by atoms with E-state index in [1.807, 2.05) is 0 Å². The molecule has 0 bridgehead atoms. The Balaban J connectivity index is 2.81. The van der Waals surface area contributed by atoms with Gasteiger partial charge in [-0.1, -0.05) is 6.08 Å². The van der Waals surface area contributed by atoms with E-state index in [0.29, 0.717) is 5.01 Å². The Bertz CT molecular complexity index is 305. The molecular weight excluding hydrogens is 223 g/mol. The highest BCUT2D eigenvalue weighted by atomic mass is 35.5. The number of allylic oxidation sites excluding steroid dienone is 1. The SMILES string of the molecule is FC(F)(F)c1csc(C=CCCl)n1. The first kappa shape index (κ1) is 10.5. The molecular formula is C7H5ClF3NS. The molecule has 0 unspecified atom stereocenters. The lowest BCUT2D eigenvalue weighted by atomic mass is 10.5. The molecule has 72 valence electrons. The summed E-state index contributed by atoms with van der Waals surface area (Å²) in [4.78, 5) is 3.37.